The van der Waals surface area contributed by atoms with E-state index in [0.717, 1.165) is 22.9 Å². The lowest BCUT2D eigenvalue weighted by Gasteiger charge is -2.15. The van der Waals surface area contributed by atoms with Gasteiger partial charge < -0.3 is 15.6 Å². The Morgan fingerprint density at radius 1 is 1.47 bits per heavy atom. The lowest BCUT2D eigenvalue weighted by molar-refractivity contribution is 0.694. The van der Waals surface area contributed by atoms with Gasteiger partial charge in [-0.3, -0.25) is 4.68 Å². The van der Waals surface area contributed by atoms with Gasteiger partial charge in [-0.15, -0.1) is 10.2 Å². The Morgan fingerprint density at radius 2 is 2.16 bits per heavy atom. The normalized spacial score (nSPS) is 12.4. The van der Waals surface area contributed by atoms with Gasteiger partial charge in [-0.1, -0.05) is 12.2 Å². The highest BCUT2D eigenvalue weighted by Gasteiger charge is 2.19. The van der Waals surface area contributed by atoms with E-state index in [9.17, 15) is 0 Å². The molecule has 3 N–H and O–H groups in total. The molecule has 0 spiro atoms. The Bertz CT molecular complexity index is 613. The van der Waals surface area contributed by atoms with Crippen LogP contribution in [0.5, 0.6) is 0 Å². The van der Waals surface area contributed by atoms with Crippen molar-refractivity contribution in [3.8, 4) is 0 Å². The van der Waals surface area contributed by atoms with Gasteiger partial charge in [0.1, 0.15) is 17.1 Å². The van der Waals surface area contributed by atoms with Crippen molar-refractivity contribution in [1.29, 1.82) is 0 Å². The third-order valence-electron chi connectivity index (χ3n) is 2.96. The zero-order valence-corrected chi connectivity index (χ0v) is 12.2. The van der Waals surface area contributed by atoms with Gasteiger partial charge in [-0.25, -0.2) is 0 Å². The monoisotopic (exact) mass is 279 g/mol. The number of hydrogen-bond donors (Lipinski definition) is 2. The van der Waals surface area contributed by atoms with Gasteiger partial charge in [-0.2, -0.15) is 5.10 Å². The molecule has 2 aromatic rings. The predicted molar refractivity (Wildman–Crippen MR) is 76.9 cm³/mol. The molecule has 7 nitrogen and oxygen atoms in total. The van der Waals surface area contributed by atoms with Crippen molar-refractivity contribution in [1.82, 2.24) is 24.5 Å². The standard InChI is InChI=1S/C11H17N7S/c1-6-8(9(12)19)11(18(4)16-6)14-7(2)10-15-13-5-17(10)3/h5,7,14H,1-4H3,(H2,12,19). The van der Waals surface area contributed by atoms with E-state index in [0.29, 0.717) is 4.99 Å². The van der Waals surface area contributed by atoms with Crippen LogP contribution >= 0.6 is 12.2 Å². The lowest BCUT2D eigenvalue weighted by atomic mass is 10.2. The second-order valence-corrected chi connectivity index (χ2v) is 4.90. The molecule has 0 amide bonds. The second-order valence-electron chi connectivity index (χ2n) is 4.46. The van der Waals surface area contributed by atoms with Crippen molar-refractivity contribution in [2.24, 2.45) is 19.8 Å². The van der Waals surface area contributed by atoms with Crippen LogP contribution in [0.25, 0.3) is 0 Å². The van der Waals surface area contributed by atoms with E-state index in [1.807, 2.05) is 32.5 Å². The lowest BCUT2D eigenvalue weighted by Crippen LogP contribution is -2.18. The Balaban J connectivity index is 2.34. The average Bonchev–Trinajstić information content (AvgIpc) is 2.83. The number of anilines is 1. The molecular weight excluding hydrogens is 262 g/mol. The molecule has 2 heterocycles. The van der Waals surface area contributed by atoms with Crippen LogP contribution in [0, 0.1) is 6.92 Å². The van der Waals surface area contributed by atoms with Gasteiger partial charge in [0.05, 0.1) is 17.3 Å². The summed E-state index contributed by atoms with van der Waals surface area (Å²) in [6.07, 6.45) is 1.66. The third-order valence-corrected chi connectivity index (χ3v) is 3.16. The molecule has 2 aromatic heterocycles. The number of rotatable bonds is 4. The Morgan fingerprint density at radius 3 is 2.68 bits per heavy atom. The van der Waals surface area contributed by atoms with E-state index in [1.165, 1.54) is 0 Å². The van der Waals surface area contributed by atoms with Gasteiger partial charge in [0.15, 0.2) is 5.82 Å². The van der Waals surface area contributed by atoms with Crippen molar-refractivity contribution in [3.63, 3.8) is 0 Å². The Hall–Kier alpha value is -1.96. The minimum atomic E-state index is -0.0320. The molecule has 8 heteroatoms. The van der Waals surface area contributed by atoms with Gasteiger partial charge in [0.25, 0.3) is 0 Å². The first kappa shape index (κ1) is 13.5. The molecular formula is C11H17N7S. The van der Waals surface area contributed by atoms with E-state index in [4.69, 9.17) is 18.0 Å². The highest BCUT2D eigenvalue weighted by atomic mass is 32.1. The van der Waals surface area contributed by atoms with Crippen LogP contribution < -0.4 is 11.1 Å². The van der Waals surface area contributed by atoms with Crippen LogP contribution in [-0.2, 0) is 14.1 Å². The van der Waals surface area contributed by atoms with E-state index in [2.05, 4.69) is 20.6 Å². The fourth-order valence-electron chi connectivity index (χ4n) is 2.07. The van der Waals surface area contributed by atoms with Crippen LogP contribution in [0.2, 0.25) is 0 Å². The maximum Gasteiger partial charge on any atom is 0.154 e. The number of nitrogens with zero attached hydrogens (tertiary/aromatic N) is 5. The van der Waals surface area contributed by atoms with Crippen molar-refractivity contribution < 1.29 is 0 Å². The second kappa shape index (κ2) is 4.96. The van der Waals surface area contributed by atoms with E-state index < -0.39 is 0 Å². The number of aryl methyl sites for hydroxylation is 3. The molecule has 0 aliphatic rings. The third kappa shape index (κ3) is 2.43. The van der Waals surface area contributed by atoms with E-state index in [-0.39, 0.29) is 6.04 Å². The summed E-state index contributed by atoms with van der Waals surface area (Å²) in [5, 5.41) is 15.6. The van der Waals surface area contributed by atoms with Crippen molar-refractivity contribution in [2.75, 3.05) is 5.32 Å². The molecule has 19 heavy (non-hydrogen) atoms. The van der Waals surface area contributed by atoms with Crippen LogP contribution in [0.15, 0.2) is 6.33 Å². The molecule has 0 aromatic carbocycles. The minimum absolute atomic E-state index is 0.0320. The summed E-state index contributed by atoms with van der Waals surface area (Å²) in [5.74, 6) is 1.62. The van der Waals surface area contributed by atoms with Gasteiger partial charge in [-0.05, 0) is 13.8 Å². The number of thiocarbonyl (C=S) groups is 1. The molecule has 0 bridgehead atoms. The summed E-state index contributed by atoms with van der Waals surface area (Å²) in [6.45, 7) is 3.88. The first-order valence-electron chi connectivity index (χ1n) is 5.85. The summed E-state index contributed by atoms with van der Waals surface area (Å²) in [5.41, 5.74) is 7.34. The molecule has 0 aliphatic carbocycles. The predicted octanol–water partition coefficient (Wildman–Crippen LogP) is 0.664. The maximum atomic E-state index is 5.76. The van der Waals surface area contributed by atoms with E-state index in [1.54, 1.807) is 11.0 Å². The van der Waals surface area contributed by atoms with Crippen LogP contribution in [-0.4, -0.2) is 29.5 Å². The number of hydrogen-bond acceptors (Lipinski definition) is 5. The molecule has 0 radical (unpaired) electrons. The molecule has 1 unspecified atom stereocenters. The summed E-state index contributed by atoms with van der Waals surface area (Å²) in [6, 6.07) is -0.0320. The first-order valence-corrected chi connectivity index (χ1v) is 6.26. The summed E-state index contributed by atoms with van der Waals surface area (Å²) in [4.78, 5) is 0.332. The fourth-order valence-corrected chi connectivity index (χ4v) is 2.32. The molecule has 102 valence electrons. The highest BCUT2D eigenvalue weighted by molar-refractivity contribution is 7.80. The first-order chi connectivity index (χ1) is 8.91. The average molecular weight is 279 g/mol. The fraction of sp³-hybridized carbons (Fsp3) is 0.455. The molecule has 1 atom stereocenters. The largest absolute Gasteiger partial charge is 0.389 e. The Labute approximate surface area is 116 Å². The number of aromatic nitrogens is 5. The van der Waals surface area contributed by atoms with Crippen molar-refractivity contribution in [3.05, 3.63) is 23.4 Å². The summed E-state index contributed by atoms with van der Waals surface area (Å²) in [7, 11) is 3.75. The molecule has 0 fully saturated rings. The van der Waals surface area contributed by atoms with Gasteiger partial charge >= 0.3 is 0 Å². The van der Waals surface area contributed by atoms with Crippen molar-refractivity contribution in [2.45, 2.75) is 19.9 Å². The molecule has 2 rings (SSSR count). The van der Waals surface area contributed by atoms with Crippen molar-refractivity contribution >= 4 is 23.0 Å². The van der Waals surface area contributed by atoms with Gasteiger partial charge in [0, 0.05) is 14.1 Å². The summed E-state index contributed by atoms with van der Waals surface area (Å²) >= 11 is 5.08. The van der Waals surface area contributed by atoms with Gasteiger partial charge in [0.2, 0.25) is 0 Å². The smallest absolute Gasteiger partial charge is 0.154 e. The molecule has 0 saturated heterocycles. The number of nitrogens with one attached hydrogen (secondary N) is 1. The molecule has 0 saturated carbocycles. The Kier molecular flexibility index (Phi) is 3.52. The molecule has 0 aliphatic heterocycles. The van der Waals surface area contributed by atoms with Crippen LogP contribution in [0.3, 0.4) is 0 Å². The quantitative estimate of drug-likeness (QED) is 0.800. The topological polar surface area (TPSA) is 86.6 Å². The zero-order chi connectivity index (χ0) is 14.2. The van der Waals surface area contributed by atoms with E-state index >= 15 is 0 Å². The number of nitrogens with two attached hydrogens (primary N) is 1. The maximum absolute atomic E-state index is 5.76. The minimum Gasteiger partial charge on any atom is -0.389 e. The van der Waals surface area contributed by atoms with Crippen LogP contribution in [0.4, 0.5) is 5.82 Å². The highest BCUT2D eigenvalue weighted by Crippen LogP contribution is 2.23. The van der Waals surface area contributed by atoms with Crippen LogP contribution in [0.1, 0.15) is 30.0 Å². The SMILES string of the molecule is Cc1nn(C)c(NC(C)c2nncn2C)c1C(N)=S. The summed E-state index contributed by atoms with van der Waals surface area (Å²) < 4.78 is 3.60. The zero-order valence-electron chi connectivity index (χ0n) is 11.4.